The maximum Gasteiger partial charge on any atom is 0.550 e. The Morgan fingerprint density at radius 3 is 0.869 bits per heavy atom. The zero-order chi connectivity index (χ0) is 43.3. The Bertz CT molecular complexity index is 1780. The van der Waals surface area contributed by atoms with Crippen molar-refractivity contribution < 1.29 is 72.3 Å². The van der Waals surface area contributed by atoms with Crippen LogP contribution >= 0.6 is 0 Å². The van der Waals surface area contributed by atoms with Crippen LogP contribution < -0.4 is 0 Å². The van der Waals surface area contributed by atoms with Crippen molar-refractivity contribution in [2.24, 2.45) is 23.7 Å². The summed E-state index contributed by atoms with van der Waals surface area (Å²) in [6, 6.07) is 20.4. The van der Waals surface area contributed by atoms with E-state index >= 15 is 0 Å². The minimum atomic E-state index is -1.08. The first-order valence-electron chi connectivity index (χ1n) is 20.9. The summed E-state index contributed by atoms with van der Waals surface area (Å²) in [5.41, 5.74) is 2.87. The molecular weight excluding hydrogens is 792 g/mol. The summed E-state index contributed by atoms with van der Waals surface area (Å²) in [6.07, 6.45) is 3.84. The van der Waals surface area contributed by atoms with Crippen LogP contribution in [0.1, 0.15) is 125 Å². The summed E-state index contributed by atoms with van der Waals surface area (Å²) in [5, 5.41) is 0. The van der Waals surface area contributed by atoms with E-state index in [9.17, 15) is 28.8 Å². The zero-order valence-corrected chi connectivity index (χ0v) is 34.6. The first-order valence-corrected chi connectivity index (χ1v) is 20.9. The van der Waals surface area contributed by atoms with Crippen molar-refractivity contribution in [3.8, 4) is 0 Å². The molecule has 3 saturated carbocycles. The summed E-state index contributed by atoms with van der Waals surface area (Å²) in [5.74, 6) is -1.19. The van der Waals surface area contributed by atoms with Crippen LogP contribution in [0, 0.1) is 44.4 Å². The number of hydrogen-bond acceptors (Lipinski definition) is 15. The van der Waals surface area contributed by atoms with Gasteiger partial charge in [-0.25, -0.2) is 43.7 Å². The first kappa shape index (κ1) is 44.4. The fourth-order valence-corrected chi connectivity index (χ4v) is 9.15. The van der Waals surface area contributed by atoms with Gasteiger partial charge in [-0.15, -0.1) is 0 Å². The van der Waals surface area contributed by atoms with E-state index in [0.29, 0.717) is 73.0 Å². The molecule has 0 N–H and O–H groups in total. The monoisotopic (exact) mass is 844 g/mol. The lowest BCUT2D eigenvalue weighted by Gasteiger charge is -2.45. The SMILES string of the molecule is Cc1ccccc1C(=O)OOC(=O)OC1CCC(C(C2CCC(OC(=O)OOC(=O)c3ccccc3C)CC2)C2CCC(OC(=O)OOC(=O)c3ccccc3C)CC2)CC1. The maximum atomic E-state index is 12.5. The summed E-state index contributed by atoms with van der Waals surface area (Å²) >= 11 is 0. The molecule has 0 radical (unpaired) electrons. The molecule has 3 aliphatic carbocycles. The third-order valence-electron chi connectivity index (χ3n) is 12.2. The van der Waals surface area contributed by atoms with E-state index in [1.165, 1.54) is 0 Å². The molecule has 15 nitrogen and oxygen atoms in total. The molecule has 3 aromatic rings. The molecule has 61 heavy (non-hydrogen) atoms. The molecule has 0 aliphatic heterocycles. The molecule has 3 aliphatic rings. The Kier molecular flexibility index (Phi) is 15.6. The molecule has 326 valence electrons. The highest BCUT2D eigenvalue weighted by Crippen LogP contribution is 2.48. The van der Waals surface area contributed by atoms with Gasteiger partial charge in [0.2, 0.25) is 0 Å². The number of aryl methyl sites for hydroxylation is 3. The van der Waals surface area contributed by atoms with Gasteiger partial charge in [-0.3, -0.25) is 0 Å². The number of hydrogen-bond donors (Lipinski definition) is 0. The Labute approximate surface area is 354 Å². The van der Waals surface area contributed by atoms with Crippen molar-refractivity contribution in [2.75, 3.05) is 0 Å². The fourth-order valence-electron chi connectivity index (χ4n) is 9.15. The third kappa shape index (κ3) is 12.5. The van der Waals surface area contributed by atoms with Crippen LogP contribution in [-0.2, 0) is 43.5 Å². The highest BCUT2D eigenvalue weighted by atomic mass is 17.2. The number of ether oxygens (including phenoxy) is 3. The molecule has 0 heterocycles. The Morgan fingerprint density at radius 1 is 0.377 bits per heavy atom. The first-order chi connectivity index (χ1) is 29.4. The van der Waals surface area contributed by atoms with Gasteiger partial charge in [-0.05, 0) is 156 Å². The van der Waals surface area contributed by atoms with Gasteiger partial charge in [-0.2, -0.15) is 14.4 Å². The van der Waals surface area contributed by atoms with Gasteiger partial charge in [0.1, 0.15) is 18.3 Å². The lowest BCUT2D eigenvalue weighted by atomic mass is 9.61. The standard InChI is InChI=1S/C46H52O15/c1-28-10-4-7-13-37(28)41(47)56-59-44(50)53-34-22-16-31(17-23-34)40(32-18-24-35(25-19-32)54-45(51)60-57-42(48)38-14-8-5-11-29(38)2)33-20-26-36(27-21-33)55-46(52)61-58-43(49)39-15-9-6-12-30(39)3/h4-15,31-36,40H,16-27H2,1-3H3. The topological polar surface area (TPSA) is 185 Å². The quantitative estimate of drug-likeness (QED) is 0.0857. The molecule has 3 fully saturated rings. The van der Waals surface area contributed by atoms with Crippen LogP contribution in [0.25, 0.3) is 0 Å². The van der Waals surface area contributed by atoms with Crippen LogP contribution in [0.2, 0.25) is 0 Å². The second-order valence-corrected chi connectivity index (χ2v) is 16.1. The van der Waals surface area contributed by atoms with Gasteiger partial charge in [0, 0.05) is 0 Å². The van der Waals surface area contributed by atoms with E-state index in [1.54, 1.807) is 93.6 Å². The molecule has 0 unspecified atom stereocenters. The highest BCUT2D eigenvalue weighted by Gasteiger charge is 2.42. The van der Waals surface area contributed by atoms with Gasteiger partial charge in [-0.1, -0.05) is 54.6 Å². The van der Waals surface area contributed by atoms with Gasteiger partial charge in [0.25, 0.3) is 0 Å². The fraction of sp³-hybridized carbons (Fsp3) is 0.478. The lowest BCUT2D eigenvalue weighted by Crippen LogP contribution is -2.39. The summed E-state index contributed by atoms with van der Waals surface area (Å²) in [7, 11) is 0. The van der Waals surface area contributed by atoms with Crippen LogP contribution in [0.3, 0.4) is 0 Å². The van der Waals surface area contributed by atoms with Crippen LogP contribution in [0.4, 0.5) is 14.4 Å². The van der Waals surface area contributed by atoms with Crippen molar-refractivity contribution in [1.29, 1.82) is 0 Å². The second-order valence-electron chi connectivity index (χ2n) is 16.1. The summed E-state index contributed by atoms with van der Waals surface area (Å²) in [4.78, 5) is 103. The number of rotatable bonds is 9. The van der Waals surface area contributed by atoms with Crippen molar-refractivity contribution >= 4 is 36.4 Å². The van der Waals surface area contributed by atoms with Crippen molar-refractivity contribution in [3.63, 3.8) is 0 Å². The number of carbonyl (C=O) groups is 6. The van der Waals surface area contributed by atoms with Crippen molar-refractivity contribution in [1.82, 2.24) is 0 Å². The molecule has 0 atom stereocenters. The van der Waals surface area contributed by atoms with Crippen molar-refractivity contribution in [3.05, 3.63) is 106 Å². The minimum absolute atomic E-state index is 0.279. The Balaban J connectivity index is 1.00. The number of carbonyl (C=O) groups excluding carboxylic acids is 6. The zero-order valence-electron chi connectivity index (χ0n) is 34.6. The lowest BCUT2D eigenvalue weighted by molar-refractivity contribution is -0.209. The highest BCUT2D eigenvalue weighted by molar-refractivity contribution is 5.92. The average Bonchev–Trinajstić information content (AvgIpc) is 3.26. The van der Waals surface area contributed by atoms with E-state index in [1.807, 2.05) is 0 Å². The molecule has 0 bridgehead atoms. The van der Waals surface area contributed by atoms with Crippen LogP contribution in [0.15, 0.2) is 72.8 Å². The Hall–Kier alpha value is -6.12. The van der Waals surface area contributed by atoms with Gasteiger partial charge < -0.3 is 14.2 Å². The van der Waals surface area contributed by atoms with Crippen LogP contribution in [0.5, 0.6) is 0 Å². The normalized spacial score (nSPS) is 22.9. The van der Waals surface area contributed by atoms with Crippen molar-refractivity contribution in [2.45, 2.75) is 116 Å². The molecule has 0 spiro atoms. The Morgan fingerprint density at radius 2 is 0.623 bits per heavy atom. The van der Waals surface area contributed by atoms with E-state index in [-0.39, 0.29) is 22.6 Å². The predicted molar refractivity (Wildman–Crippen MR) is 213 cm³/mol. The van der Waals surface area contributed by atoms with E-state index in [0.717, 1.165) is 38.5 Å². The molecular formula is C46H52O15. The largest absolute Gasteiger partial charge is 0.550 e. The molecule has 0 amide bonds. The minimum Gasteiger partial charge on any atom is -0.428 e. The maximum absolute atomic E-state index is 12.5. The van der Waals surface area contributed by atoms with E-state index < -0.39 is 54.7 Å². The summed E-state index contributed by atoms with van der Waals surface area (Å²) in [6.45, 7) is 5.24. The molecule has 0 aromatic heterocycles. The third-order valence-corrected chi connectivity index (χ3v) is 12.2. The second kappa shape index (κ2) is 21.4. The predicted octanol–water partition coefficient (Wildman–Crippen LogP) is 9.98. The van der Waals surface area contributed by atoms with Gasteiger partial charge in [0.05, 0.1) is 16.7 Å². The van der Waals surface area contributed by atoms with E-state index in [4.69, 9.17) is 43.5 Å². The summed E-state index contributed by atoms with van der Waals surface area (Å²) < 4.78 is 16.6. The molecule has 3 aromatic carbocycles. The average molecular weight is 845 g/mol. The van der Waals surface area contributed by atoms with E-state index in [2.05, 4.69) is 0 Å². The van der Waals surface area contributed by atoms with Gasteiger partial charge >= 0.3 is 36.4 Å². The molecule has 15 heteroatoms. The van der Waals surface area contributed by atoms with Gasteiger partial charge in [0.15, 0.2) is 0 Å². The molecule has 0 saturated heterocycles. The smallest absolute Gasteiger partial charge is 0.428 e. The number of benzene rings is 3. The molecule has 6 rings (SSSR count). The van der Waals surface area contributed by atoms with Crippen LogP contribution in [-0.4, -0.2) is 54.7 Å².